The van der Waals surface area contributed by atoms with Gasteiger partial charge in [0.2, 0.25) is 0 Å². The second kappa shape index (κ2) is 4.99. The van der Waals surface area contributed by atoms with E-state index >= 15 is 0 Å². The van der Waals surface area contributed by atoms with Gasteiger partial charge in [-0.15, -0.1) is 0 Å². The van der Waals surface area contributed by atoms with Gasteiger partial charge in [-0.3, -0.25) is 16.0 Å². The lowest BCUT2D eigenvalue weighted by atomic mass is 9.83. The fraction of sp³-hybridized carbons (Fsp3) is 0.769. The first-order valence-corrected chi connectivity index (χ1v) is 6.96. The quantitative estimate of drug-likeness (QED) is 0.612. The summed E-state index contributed by atoms with van der Waals surface area (Å²) in [5, 5.41) is 4.39. The Morgan fingerprint density at radius 2 is 2.50 bits per heavy atom. The molecule has 0 amide bonds. The summed E-state index contributed by atoms with van der Waals surface area (Å²) in [6, 6.07) is 2.24. The van der Waals surface area contributed by atoms with E-state index < -0.39 is 0 Å². The number of nitrogens with zero attached hydrogens (tertiary/aromatic N) is 2. The van der Waals surface area contributed by atoms with E-state index in [1.54, 1.807) is 0 Å². The summed E-state index contributed by atoms with van der Waals surface area (Å²) in [5.74, 6) is 6.28. The van der Waals surface area contributed by atoms with Gasteiger partial charge < -0.3 is 4.74 Å². The zero-order valence-electron chi connectivity index (χ0n) is 10.9. The number of nitrogens with one attached hydrogen (secondary N) is 1. The largest absolute Gasteiger partial charge is 0.375 e. The maximum atomic E-state index is 5.94. The first-order chi connectivity index (χ1) is 8.83. The monoisotopic (exact) mass is 250 g/mol. The van der Waals surface area contributed by atoms with Gasteiger partial charge in [0, 0.05) is 18.7 Å². The molecule has 0 aliphatic carbocycles. The molecular weight excluding hydrogens is 228 g/mol. The van der Waals surface area contributed by atoms with Crippen molar-refractivity contribution in [2.75, 3.05) is 0 Å². The molecule has 2 aliphatic rings. The Bertz CT molecular complexity index is 405. The van der Waals surface area contributed by atoms with Crippen molar-refractivity contribution in [3.05, 3.63) is 18.0 Å². The lowest BCUT2D eigenvalue weighted by Crippen LogP contribution is -2.39. The molecule has 0 aromatic carbocycles. The second-order valence-corrected chi connectivity index (χ2v) is 5.40. The normalized spacial score (nSPS) is 32.0. The van der Waals surface area contributed by atoms with Gasteiger partial charge in [0.15, 0.2) is 0 Å². The number of nitrogens with two attached hydrogens (primary N) is 1. The molecular formula is C13H22N4O. The fourth-order valence-electron chi connectivity index (χ4n) is 3.46. The molecule has 0 saturated carbocycles. The standard InChI is InChI=1S/C13H22N4O/c1-2-7-17-11(5-6-15-17)13(16-14)10-8-9-3-4-12(10)18-9/h5-6,9-10,12-13,16H,2-4,7-8,14H2,1H3. The summed E-state index contributed by atoms with van der Waals surface area (Å²) in [6.07, 6.45) is 7.29. The van der Waals surface area contributed by atoms with Gasteiger partial charge in [0.25, 0.3) is 0 Å². The van der Waals surface area contributed by atoms with Crippen LogP contribution in [0.15, 0.2) is 12.3 Å². The van der Waals surface area contributed by atoms with Crippen molar-refractivity contribution in [3.63, 3.8) is 0 Å². The average molecular weight is 250 g/mol. The Hall–Kier alpha value is -0.910. The van der Waals surface area contributed by atoms with Gasteiger partial charge in [0.05, 0.1) is 23.9 Å². The first kappa shape index (κ1) is 12.1. The van der Waals surface area contributed by atoms with E-state index in [0.717, 1.165) is 19.4 Å². The van der Waals surface area contributed by atoms with E-state index in [1.165, 1.54) is 18.5 Å². The van der Waals surface area contributed by atoms with Gasteiger partial charge in [0.1, 0.15) is 0 Å². The topological polar surface area (TPSA) is 65.1 Å². The molecule has 5 heteroatoms. The predicted molar refractivity (Wildman–Crippen MR) is 68.6 cm³/mol. The van der Waals surface area contributed by atoms with Crippen LogP contribution >= 0.6 is 0 Å². The van der Waals surface area contributed by atoms with Gasteiger partial charge >= 0.3 is 0 Å². The first-order valence-electron chi connectivity index (χ1n) is 6.96. The van der Waals surface area contributed by atoms with Crippen LogP contribution in [0.2, 0.25) is 0 Å². The minimum Gasteiger partial charge on any atom is -0.375 e. The third-order valence-electron chi connectivity index (χ3n) is 4.26. The fourth-order valence-corrected chi connectivity index (χ4v) is 3.46. The summed E-state index contributed by atoms with van der Waals surface area (Å²) in [5.41, 5.74) is 4.18. The van der Waals surface area contributed by atoms with Gasteiger partial charge in [-0.25, -0.2) is 0 Å². The van der Waals surface area contributed by atoms with Crippen molar-refractivity contribution in [2.24, 2.45) is 11.8 Å². The third kappa shape index (κ3) is 1.96. The van der Waals surface area contributed by atoms with E-state index in [2.05, 4.69) is 28.2 Å². The van der Waals surface area contributed by atoms with Gasteiger partial charge in [-0.1, -0.05) is 6.92 Å². The molecule has 3 heterocycles. The van der Waals surface area contributed by atoms with Crippen LogP contribution in [0.1, 0.15) is 44.3 Å². The molecule has 3 rings (SSSR count). The summed E-state index contributed by atoms with van der Waals surface area (Å²) >= 11 is 0. The maximum absolute atomic E-state index is 5.94. The molecule has 2 fully saturated rings. The Morgan fingerprint density at radius 3 is 3.11 bits per heavy atom. The molecule has 1 aromatic rings. The maximum Gasteiger partial charge on any atom is 0.0682 e. The molecule has 0 radical (unpaired) electrons. The number of hydrazine groups is 1. The zero-order chi connectivity index (χ0) is 12.5. The number of hydrogen-bond acceptors (Lipinski definition) is 4. The molecule has 2 bridgehead atoms. The minimum absolute atomic E-state index is 0.161. The highest BCUT2D eigenvalue weighted by Crippen LogP contribution is 2.44. The van der Waals surface area contributed by atoms with Crippen molar-refractivity contribution in [2.45, 2.75) is 57.4 Å². The predicted octanol–water partition coefficient (Wildman–Crippen LogP) is 1.36. The lowest BCUT2D eigenvalue weighted by molar-refractivity contribution is 0.0849. The summed E-state index contributed by atoms with van der Waals surface area (Å²) in [7, 11) is 0. The van der Waals surface area contributed by atoms with Crippen molar-refractivity contribution in [1.82, 2.24) is 15.2 Å². The molecule has 1 aromatic heterocycles. The minimum atomic E-state index is 0.161. The number of rotatable bonds is 5. The van der Waals surface area contributed by atoms with Crippen molar-refractivity contribution < 1.29 is 4.74 Å². The Labute approximate surface area is 108 Å². The van der Waals surface area contributed by atoms with Crippen LogP contribution in [0.25, 0.3) is 0 Å². The van der Waals surface area contributed by atoms with Crippen LogP contribution in [-0.2, 0) is 11.3 Å². The molecule has 0 spiro atoms. The molecule has 3 N–H and O–H groups in total. The number of aryl methyl sites for hydroxylation is 1. The van der Waals surface area contributed by atoms with Crippen molar-refractivity contribution in [1.29, 1.82) is 0 Å². The number of aromatic nitrogens is 2. The van der Waals surface area contributed by atoms with Gasteiger partial charge in [-0.2, -0.15) is 5.10 Å². The number of ether oxygens (including phenoxy) is 1. The number of hydrogen-bond donors (Lipinski definition) is 2. The summed E-state index contributed by atoms with van der Waals surface area (Å²) in [6.45, 7) is 3.11. The Morgan fingerprint density at radius 1 is 1.61 bits per heavy atom. The molecule has 18 heavy (non-hydrogen) atoms. The Balaban J connectivity index is 1.81. The second-order valence-electron chi connectivity index (χ2n) is 5.40. The van der Waals surface area contributed by atoms with Crippen molar-refractivity contribution >= 4 is 0 Å². The highest BCUT2D eigenvalue weighted by atomic mass is 16.5. The summed E-state index contributed by atoms with van der Waals surface area (Å²) < 4.78 is 8.01. The average Bonchev–Trinajstić information content (AvgIpc) is 3.07. The highest BCUT2D eigenvalue weighted by Gasteiger charge is 2.45. The van der Waals surface area contributed by atoms with E-state index in [-0.39, 0.29) is 6.04 Å². The molecule has 2 saturated heterocycles. The van der Waals surface area contributed by atoms with Crippen LogP contribution in [0.5, 0.6) is 0 Å². The van der Waals surface area contributed by atoms with Crippen LogP contribution in [-0.4, -0.2) is 22.0 Å². The number of fused-ring (bicyclic) bond motifs is 2. The molecule has 5 nitrogen and oxygen atoms in total. The van der Waals surface area contributed by atoms with Gasteiger partial charge in [-0.05, 0) is 31.7 Å². The van der Waals surface area contributed by atoms with Crippen LogP contribution < -0.4 is 11.3 Å². The lowest BCUT2D eigenvalue weighted by Gasteiger charge is -2.28. The van der Waals surface area contributed by atoms with Crippen LogP contribution in [0.4, 0.5) is 0 Å². The highest BCUT2D eigenvalue weighted by molar-refractivity contribution is 5.11. The van der Waals surface area contributed by atoms with E-state index in [1.807, 2.05) is 6.20 Å². The van der Waals surface area contributed by atoms with E-state index in [0.29, 0.717) is 18.1 Å². The SMILES string of the molecule is CCCn1nccc1C(NN)C1CC2CCC1O2. The van der Waals surface area contributed by atoms with E-state index in [4.69, 9.17) is 10.6 Å². The molecule has 4 unspecified atom stereocenters. The molecule has 2 aliphatic heterocycles. The zero-order valence-corrected chi connectivity index (χ0v) is 10.9. The van der Waals surface area contributed by atoms with Crippen LogP contribution in [0, 0.1) is 5.92 Å². The Kier molecular flexibility index (Phi) is 3.37. The summed E-state index contributed by atoms with van der Waals surface area (Å²) in [4.78, 5) is 0. The molecule has 4 atom stereocenters. The van der Waals surface area contributed by atoms with E-state index in [9.17, 15) is 0 Å². The smallest absolute Gasteiger partial charge is 0.0682 e. The van der Waals surface area contributed by atoms with Crippen molar-refractivity contribution in [3.8, 4) is 0 Å². The third-order valence-corrected chi connectivity index (χ3v) is 4.26. The van der Waals surface area contributed by atoms with Crippen LogP contribution in [0.3, 0.4) is 0 Å². The molecule has 100 valence electrons.